The number of allylic oxidation sites excluding steroid dienone is 1. The lowest BCUT2D eigenvalue weighted by atomic mass is 9.63. The van der Waals surface area contributed by atoms with E-state index < -0.39 is 7.37 Å². The van der Waals surface area contributed by atoms with Gasteiger partial charge in [0.25, 0.3) is 0 Å². The summed E-state index contributed by atoms with van der Waals surface area (Å²) in [5.41, 5.74) is 1.17. The maximum absolute atomic E-state index is 12.4. The van der Waals surface area contributed by atoms with Crippen molar-refractivity contribution in [2.24, 2.45) is 11.3 Å². The highest BCUT2D eigenvalue weighted by molar-refractivity contribution is 7.99. The fourth-order valence-corrected chi connectivity index (χ4v) is 6.54. The average Bonchev–Trinajstić information content (AvgIpc) is 2.99. The molecule has 0 aromatic heterocycles. The minimum absolute atomic E-state index is 0.0398. The van der Waals surface area contributed by atoms with Crippen molar-refractivity contribution in [1.29, 1.82) is 0 Å². The molecule has 3 rings (SSSR count). The molecule has 0 heterocycles. The second-order valence-corrected chi connectivity index (χ2v) is 12.1. The molecule has 29 heavy (non-hydrogen) atoms. The monoisotopic (exact) mass is 436 g/mol. The highest BCUT2D eigenvalue weighted by Gasteiger charge is 2.41. The average molecular weight is 437 g/mol. The van der Waals surface area contributed by atoms with Gasteiger partial charge >= 0.3 is 0 Å². The zero-order valence-electron chi connectivity index (χ0n) is 17.4. The van der Waals surface area contributed by atoms with Crippen molar-refractivity contribution in [3.63, 3.8) is 0 Å². The third kappa shape index (κ3) is 5.44. The highest BCUT2D eigenvalue weighted by Crippen LogP contribution is 2.47. The van der Waals surface area contributed by atoms with Crippen LogP contribution in [0.15, 0.2) is 36.4 Å². The first-order chi connectivity index (χ1) is 13.7. The Morgan fingerprint density at radius 3 is 2.55 bits per heavy atom. The molecule has 2 aliphatic rings. The van der Waals surface area contributed by atoms with Crippen LogP contribution in [0.4, 0.5) is 0 Å². The van der Waals surface area contributed by atoms with E-state index in [2.05, 4.69) is 19.1 Å². The Bertz CT molecular complexity index is 773. The first-order valence-electron chi connectivity index (χ1n) is 10.6. The number of thioether (sulfide) groups is 1. The van der Waals surface area contributed by atoms with Crippen molar-refractivity contribution < 1.29 is 19.4 Å². The van der Waals surface area contributed by atoms with Gasteiger partial charge in [-0.15, -0.1) is 11.8 Å². The predicted octanol–water partition coefficient (Wildman–Crippen LogP) is 4.68. The molecular formula is C23H33O4PS. The van der Waals surface area contributed by atoms with Crippen molar-refractivity contribution in [3.05, 3.63) is 42.0 Å². The Kier molecular flexibility index (Phi) is 7.48. The van der Waals surface area contributed by atoms with Crippen molar-refractivity contribution >= 4 is 30.2 Å². The van der Waals surface area contributed by atoms with E-state index in [1.54, 1.807) is 23.9 Å². The molecule has 0 bridgehead atoms. The lowest BCUT2D eigenvalue weighted by molar-refractivity contribution is -0.117. The quantitative estimate of drug-likeness (QED) is 0.434. The number of rotatable bonds is 9. The number of ketones is 1. The smallest absolute Gasteiger partial charge is 0.226 e. The first-order valence-corrected chi connectivity index (χ1v) is 13.8. The van der Waals surface area contributed by atoms with E-state index in [9.17, 15) is 19.4 Å². The summed E-state index contributed by atoms with van der Waals surface area (Å²) in [7, 11) is -3.22. The van der Waals surface area contributed by atoms with Crippen molar-refractivity contribution in [1.82, 2.24) is 0 Å². The number of aliphatic hydroxyl groups excluding tert-OH is 1. The summed E-state index contributed by atoms with van der Waals surface area (Å²) < 4.78 is 11.7. The first kappa shape index (κ1) is 22.8. The molecule has 2 saturated carbocycles. The summed E-state index contributed by atoms with van der Waals surface area (Å²) in [6, 6.07) is 7.15. The maximum atomic E-state index is 12.4. The Morgan fingerprint density at radius 2 is 2.00 bits per heavy atom. The van der Waals surface area contributed by atoms with Crippen molar-refractivity contribution in [2.75, 3.05) is 6.66 Å². The summed E-state index contributed by atoms with van der Waals surface area (Å²) in [6.07, 6.45) is 10.6. The zero-order chi connectivity index (χ0) is 21.1. The summed E-state index contributed by atoms with van der Waals surface area (Å²) >= 11 is 1.66. The van der Waals surface area contributed by atoms with Gasteiger partial charge in [0.05, 0.1) is 11.4 Å². The molecule has 4 nitrogen and oxygen atoms in total. The molecule has 2 fully saturated rings. The number of hydrogen-bond acceptors (Lipinski definition) is 4. The largest absolute Gasteiger partial charge is 0.392 e. The standard InChI is InChI=1S/C23H33O4PS/c1-3-23(14-5-15-23)21(25)7-4-6-18-10-13-20(24)22(18)29-16-17-8-11-19(12-9-17)28(2,26)27/h4,6,8-9,11-12,18,21-22,25H,3,5,7,10,13-16H2,1-2H3,(H,26,27)/t18-,21?,22+/m0/s1. The van der Waals surface area contributed by atoms with Gasteiger partial charge in [-0.1, -0.05) is 37.6 Å². The third-order valence-corrected chi connectivity index (χ3v) is 9.51. The molecule has 0 radical (unpaired) electrons. The number of carbonyl (C=O) groups is 1. The zero-order valence-corrected chi connectivity index (χ0v) is 19.1. The molecule has 1 aromatic carbocycles. The molecule has 6 heteroatoms. The fourth-order valence-electron chi connectivity index (χ4n) is 4.50. The number of benzene rings is 1. The van der Waals surface area contributed by atoms with Crippen LogP contribution in [-0.4, -0.2) is 33.8 Å². The van der Waals surface area contributed by atoms with Gasteiger partial charge in [0, 0.05) is 24.1 Å². The van der Waals surface area contributed by atoms with Gasteiger partial charge in [0.2, 0.25) is 7.37 Å². The van der Waals surface area contributed by atoms with E-state index in [-0.39, 0.29) is 22.7 Å². The van der Waals surface area contributed by atoms with Crippen LogP contribution < -0.4 is 5.30 Å². The van der Waals surface area contributed by atoms with Crippen LogP contribution in [0, 0.1) is 11.3 Å². The number of carbonyl (C=O) groups excluding carboxylic acids is 1. The van der Waals surface area contributed by atoms with Crippen LogP contribution in [0.1, 0.15) is 57.4 Å². The fraction of sp³-hybridized carbons (Fsp3) is 0.609. The van der Waals surface area contributed by atoms with Gasteiger partial charge in [-0.25, -0.2) is 0 Å². The van der Waals surface area contributed by atoms with Crippen molar-refractivity contribution in [2.45, 2.75) is 69.0 Å². The molecule has 0 saturated heterocycles. The second-order valence-electron chi connectivity index (χ2n) is 8.70. The highest BCUT2D eigenvalue weighted by atomic mass is 32.2. The van der Waals surface area contributed by atoms with E-state index in [1.807, 2.05) is 12.1 Å². The Balaban J connectivity index is 1.54. The normalized spacial score (nSPS) is 27.0. The Labute approximate surface area is 178 Å². The molecule has 0 spiro atoms. The number of aliphatic hydroxyl groups is 1. The second kappa shape index (κ2) is 9.51. The number of hydrogen-bond donors (Lipinski definition) is 2. The topological polar surface area (TPSA) is 74.6 Å². The van der Waals surface area contributed by atoms with Crippen LogP contribution in [0.5, 0.6) is 0 Å². The summed E-state index contributed by atoms with van der Waals surface area (Å²) in [4.78, 5) is 22.0. The molecule has 0 aliphatic heterocycles. The minimum Gasteiger partial charge on any atom is -0.392 e. The molecule has 2 aliphatic carbocycles. The SMILES string of the molecule is CCC1(C(O)CC=C[C@H]2CCC(=O)[C@@H]2SCc2ccc(P(C)(=O)O)cc2)CCC1. The van der Waals surface area contributed by atoms with Gasteiger partial charge < -0.3 is 10.00 Å². The van der Waals surface area contributed by atoms with Crippen LogP contribution >= 0.6 is 19.1 Å². The van der Waals surface area contributed by atoms with Gasteiger partial charge in [0.15, 0.2) is 0 Å². The van der Waals surface area contributed by atoms with E-state index in [4.69, 9.17) is 0 Å². The van der Waals surface area contributed by atoms with E-state index in [0.717, 1.165) is 31.2 Å². The molecule has 2 N–H and O–H groups in total. The van der Waals surface area contributed by atoms with Crippen molar-refractivity contribution in [3.8, 4) is 0 Å². The van der Waals surface area contributed by atoms with Gasteiger partial charge in [-0.3, -0.25) is 9.36 Å². The predicted molar refractivity (Wildman–Crippen MR) is 121 cm³/mol. The Morgan fingerprint density at radius 1 is 1.31 bits per heavy atom. The molecule has 4 atom stereocenters. The molecule has 160 valence electrons. The Hall–Kier alpha value is -0.870. The van der Waals surface area contributed by atoms with Gasteiger partial charge in [-0.2, -0.15) is 0 Å². The van der Waals surface area contributed by atoms with Crippen LogP contribution in [0.2, 0.25) is 0 Å². The van der Waals surface area contributed by atoms with Gasteiger partial charge in [0.1, 0.15) is 5.78 Å². The number of Topliss-reactive ketones (excluding diaryl/α,β-unsaturated/α-hetero) is 1. The third-order valence-electron chi connectivity index (χ3n) is 6.78. The van der Waals surface area contributed by atoms with Crippen LogP contribution in [-0.2, 0) is 15.1 Å². The molecular weight excluding hydrogens is 403 g/mol. The molecule has 0 amide bonds. The van der Waals surface area contributed by atoms with E-state index in [0.29, 0.717) is 29.7 Å². The van der Waals surface area contributed by atoms with E-state index >= 15 is 0 Å². The molecule has 2 unspecified atom stereocenters. The lowest BCUT2D eigenvalue weighted by Gasteiger charge is -2.45. The minimum atomic E-state index is -3.22. The summed E-state index contributed by atoms with van der Waals surface area (Å²) in [6.45, 7) is 3.51. The van der Waals surface area contributed by atoms with Crippen LogP contribution in [0.3, 0.4) is 0 Å². The molecule has 1 aromatic rings. The maximum Gasteiger partial charge on any atom is 0.226 e. The summed E-state index contributed by atoms with van der Waals surface area (Å²) in [5, 5.41) is 11.0. The van der Waals surface area contributed by atoms with Crippen LogP contribution in [0.25, 0.3) is 0 Å². The van der Waals surface area contributed by atoms with E-state index in [1.165, 1.54) is 13.1 Å². The summed E-state index contributed by atoms with van der Waals surface area (Å²) in [5.74, 6) is 1.24. The van der Waals surface area contributed by atoms with Gasteiger partial charge in [-0.05, 0) is 61.1 Å². The lowest BCUT2D eigenvalue weighted by Crippen LogP contribution is -2.40.